The minimum absolute atomic E-state index is 0.0188. The highest BCUT2D eigenvalue weighted by atomic mass is 16.2. The third kappa shape index (κ3) is 6.94. The average Bonchev–Trinajstić information content (AvgIpc) is 2.15. The maximum absolute atomic E-state index is 11.6. The zero-order valence-corrected chi connectivity index (χ0v) is 9.92. The normalized spacial score (nSPS) is 11.7. The van der Waals surface area contributed by atoms with E-state index < -0.39 is 6.04 Å². The summed E-state index contributed by atoms with van der Waals surface area (Å²) in [5.41, 5.74) is 0. The van der Waals surface area contributed by atoms with Crippen molar-refractivity contribution in [1.82, 2.24) is 16.0 Å². The fourth-order valence-corrected chi connectivity index (χ4v) is 1.18. The van der Waals surface area contributed by atoms with E-state index in [2.05, 4.69) is 16.0 Å². The van der Waals surface area contributed by atoms with Crippen LogP contribution >= 0.6 is 0 Å². The van der Waals surface area contributed by atoms with Crippen molar-refractivity contribution in [3.63, 3.8) is 0 Å². The number of carbonyl (C=O) groups is 3. The molecular formula is C10H19N3O3. The molecular weight excluding hydrogens is 210 g/mol. The van der Waals surface area contributed by atoms with Gasteiger partial charge in [0.25, 0.3) is 0 Å². The Labute approximate surface area is 95.2 Å². The molecule has 0 bridgehead atoms. The highest BCUT2D eigenvalue weighted by Crippen LogP contribution is 1.94. The van der Waals surface area contributed by atoms with E-state index in [9.17, 15) is 14.4 Å². The molecule has 0 rings (SSSR count). The average molecular weight is 229 g/mol. The fraction of sp³-hybridized carbons (Fsp3) is 0.700. The summed E-state index contributed by atoms with van der Waals surface area (Å²) >= 11 is 0. The topological polar surface area (TPSA) is 87.3 Å². The van der Waals surface area contributed by atoms with Crippen LogP contribution in [0.3, 0.4) is 0 Å². The quantitative estimate of drug-likeness (QED) is 0.479. The van der Waals surface area contributed by atoms with Crippen LogP contribution in [0.1, 0.15) is 20.3 Å². The first-order valence-electron chi connectivity index (χ1n) is 5.16. The van der Waals surface area contributed by atoms with Gasteiger partial charge in [0, 0.05) is 26.4 Å². The van der Waals surface area contributed by atoms with E-state index in [-0.39, 0.29) is 24.0 Å². The Bertz CT molecular complexity index is 250. The van der Waals surface area contributed by atoms with Gasteiger partial charge in [0.2, 0.25) is 11.8 Å². The summed E-state index contributed by atoms with van der Waals surface area (Å²) in [6.45, 7) is 3.80. The molecule has 2 amide bonds. The summed E-state index contributed by atoms with van der Waals surface area (Å²) in [6, 6.07) is -0.771. The molecule has 0 aromatic rings. The molecule has 0 aromatic heterocycles. The van der Waals surface area contributed by atoms with Crippen LogP contribution in [-0.2, 0) is 14.4 Å². The van der Waals surface area contributed by atoms with E-state index in [1.165, 1.54) is 13.8 Å². The van der Waals surface area contributed by atoms with Gasteiger partial charge in [-0.3, -0.25) is 14.4 Å². The largest absolute Gasteiger partial charge is 0.353 e. The van der Waals surface area contributed by atoms with Crippen molar-refractivity contribution in [1.29, 1.82) is 0 Å². The molecule has 16 heavy (non-hydrogen) atoms. The molecule has 6 nitrogen and oxygen atoms in total. The second-order valence-electron chi connectivity index (χ2n) is 3.55. The van der Waals surface area contributed by atoms with Crippen LogP contribution in [0, 0.1) is 0 Å². The Kier molecular flexibility index (Phi) is 7.11. The van der Waals surface area contributed by atoms with E-state index in [0.717, 1.165) is 0 Å². The molecule has 0 aliphatic heterocycles. The molecule has 0 heterocycles. The maximum Gasteiger partial charge on any atom is 0.243 e. The van der Waals surface area contributed by atoms with E-state index in [0.29, 0.717) is 13.1 Å². The SMILES string of the molecule is CNCCNC(=O)C(CC(C)=O)NC(C)=O. The summed E-state index contributed by atoms with van der Waals surface area (Å²) in [5.74, 6) is -0.793. The van der Waals surface area contributed by atoms with Gasteiger partial charge in [0.05, 0.1) is 0 Å². The van der Waals surface area contributed by atoms with Crippen LogP contribution in [0.2, 0.25) is 0 Å². The monoisotopic (exact) mass is 229 g/mol. The van der Waals surface area contributed by atoms with Gasteiger partial charge in [0.15, 0.2) is 0 Å². The van der Waals surface area contributed by atoms with Crippen molar-refractivity contribution < 1.29 is 14.4 Å². The fourth-order valence-electron chi connectivity index (χ4n) is 1.18. The van der Waals surface area contributed by atoms with Gasteiger partial charge in [-0.15, -0.1) is 0 Å². The van der Waals surface area contributed by atoms with Gasteiger partial charge in [-0.2, -0.15) is 0 Å². The minimum atomic E-state index is -0.771. The summed E-state index contributed by atoms with van der Waals surface area (Å²) in [6.07, 6.45) is 0.0188. The molecule has 0 radical (unpaired) electrons. The third-order valence-electron chi connectivity index (χ3n) is 1.86. The van der Waals surface area contributed by atoms with Gasteiger partial charge in [-0.25, -0.2) is 0 Å². The molecule has 0 fully saturated rings. The lowest BCUT2D eigenvalue weighted by atomic mass is 10.1. The predicted octanol–water partition coefficient (Wildman–Crippen LogP) is -1.19. The number of Topliss-reactive ketones (excluding diaryl/α,β-unsaturated/α-hetero) is 1. The summed E-state index contributed by atoms with van der Waals surface area (Å²) in [5, 5.41) is 7.95. The van der Waals surface area contributed by atoms with Gasteiger partial charge < -0.3 is 16.0 Å². The Morgan fingerprint density at radius 1 is 1.12 bits per heavy atom. The van der Waals surface area contributed by atoms with Crippen molar-refractivity contribution in [3.05, 3.63) is 0 Å². The summed E-state index contributed by atoms with van der Waals surface area (Å²) in [4.78, 5) is 33.4. The number of nitrogens with one attached hydrogen (secondary N) is 3. The van der Waals surface area contributed by atoms with E-state index in [1.54, 1.807) is 7.05 Å². The predicted molar refractivity (Wildman–Crippen MR) is 59.8 cm³/mol. The number of ketones is 1. The molecule has 3 N–H and O–H groups in total. The molecule has 0 aliphatic rings. The Morgan fingerprint density at radius 3 is 2.19 bits per heavy atom. The standard InChI is InChI=1S/C10H19N3O3/c1-7(14)6-9(13-8(2)15)10(16)12-5-4-11-3/h9,11H,4-6H2,1-3H3,(H,12,16)(H,13,15). The Balaban J connectivity index is 4.20. The second kappa shape index (κ2) is 7.81. The molecule has 0 aliphatic carbocycles. The van der Waals surface area contributed by atoms with Crippen molar-refractivity contribution in [3.8, 4) is 0 Å². The third-order valence-corrected chi connectivity index (χ3v) is 1.86. The van der Waals surface area contributed by atoms with E-state index in [1.807, 2.05) is 0 Å². The van der Waals surface area contributed by atoms with Crippen molar-refractivity contribution in [2.75, 3.05) is 20.1 Å². The van der Waals surface area contributed by atoms with Gasteiger partial charge in [-0.1, -0.05) is 0 Å². The molecule has 0 aromatic carbocycles. The summed E-state index contributed by atoms with van der Waals surface area (Å²) in [7, 11) is 1.77. The van der Waals surface area contributed by atoms with Crippen LogP contribution in [0.4, 0.5) is 0 Å². The van der Waals surface area contributed by atoms with Gasteiger partial charge >= 0.3 is 0 Å². The minimum Gasteiger partial charge on any atom is -0.353 e. The summed E-state index contributed by atoms with van der Waals surface area (Å²) < 4.78 is 0. The first-order chi connectivity index (χ1) is 7.47. The first kappa shape index (κ1) is 14.6. The smallest absolute Gasteiger partial charge is 0.243 e. The number of hydrogen-bond donors (Lipinski definition) is 3. The lowest BCUT2D eigenvalue weighted by Gasteiger charge is -2.16. The zero-order chi connectivity index (χ0) is 12.6. The van der Waals surface area contributed by atoms with E-state index >= 15 is 0 Å². The highest BCUT2D eigenvalue weighted by Gasteiger charge is 2.20. The van der Waals surface area contributed by atoms with Crippen LogP contribution in [0.5, 0.6) is 0 Å². The molecule has 0 spiro atoms. The maximum atomic E-state index is 11.6. The van der Waals surface area contributed by atoms with Crippen LogP contribution < -0.4 is 16.0 Å². The molecule has 0 saturated heterocycles. The second-order valence-corrected chi connectivity index (χ2v) is 3.55. The van der Waals surface area contributed by atoms with Crippen LogP contribution in [-0.4, -0.2) is 43.8 Å². The zero-order valence-electron chi connectivity index (χ0n) is 9.92. The molecule has 1 atom stereocenters. The first-order valence-corrected chi connectivity index (χ1v) is 5.16. The van der Waals surface area contributed by atoms with Gasteiger partial charge in [0.1, 0.15) is 11.8 Å². The molecule has 92 valence electrons. The number of rotatable bonds is 7. The number of hydrogen-bond acceptors (Lipinski definition) is 4. The molecule has 1 unspecified atom stereocenters. The van der Waals surface area contributed by atoms with Crippen LogP contribution in [0.15, 0.2) is 0 Å². The van der Waals surface area contributed by atoms with Crippen LogP contribution in [0.25, 0.3) is 0 Å². The van der Waals surface area contributed by atoms with Crippen molar-refractivity contribution in [2.24, 2.45) is 0 Å². The Hall–Kier alpha value is -1.43. The number of likely N-dealkylation sites (N-methyl/N-ethyl adjacent to an activating group) is 1. The lowest BCUT2D eigenvalue weighted by molar-refractivity contribution is -0.130. The molecule has 0 saturated carbocycles. The van der Waals surface area contributed by atoms with Crippen molar-refractivity contribution in [2.45, 2.75) is 26.3 Å². The number of carbonyl (C=O) groups excluding carboxylic acids is 3. The van der Waals surface area contributed by atoms with E-state index in [4.69, 9.17) is 0 Å². The Morgan fingerprint density at radius 2 is 1.75 bits per heavy atom. The van der Waals surface area contributed by atoms with Gasteiger partial charge in [-0.05, 0) is 14.0 Å². The number of amides is 2. The highest BCUT2D eigenvalue weighted by molar-refractivity contribution is 5.91. The van der Waals surface area contributed by atoms with Crippen molar-refractivity contribution >= 4 is 17.6 Å². The lowest BCUT2D eigenvalue weighted by Crippen LogP contribution is -2.48. The molecule has 6 heteroatoms.